The van der Waals surface area contributed by atoms with E-state index in [0.717, 1.165) is 44.3 Å². The summed E-state index contributed by atoms with van der Waals surface area (Å²) in [6.07, 6.45) is 7.38. The van der Waals surface area contributed by atoms with E-state index in [2.05, 4.69) is 46.0 Å². The normalized spacial score (nSPS) is 20.5. The summed E-state index contributed by atoms with van der Waals surface area (Å²) in [6.45, 7) is 12.3. The fourth-order valence-electron chi connectivity index (χ4n) is 4.13. The molecule has 0 saturated heterocycles. The first kappa shape index (κ1) is 18.8. The van der Waals surface area contributed by atoms with Crippen LogP contribution in [0.5, 0.6) is 0 Å². The van der Waals surface area contributed by atoms with Crippen LogP contribution in [-0.2, 0) is 17.3 Å². The van der Waals surface area contributed by atoms with Gasteiger partial charge in [-0.15, -0.1) is 0 Å². The Morgan fingerprint density at radius 2 is 1.92 bits per heavy atom. The van der Waals surface area contributed by atoms with Gasteiger partial charge in [-0.1, -0.05) is 32.9 Å². The van der Waals surface area contributed by atoms with Crippen LogP contribution in [0.4, 0.5) is 0 Å². The molecule has 0 unspecified atom stereocenters. The molecule has 0 heterocycles. The minimum absolute atomic E-state index is 0.258. The summed E-state index contributed by atoms with van der Waals surface area (Å²) in [7, 11) is -1.67. The zero-order chi connectivity index (χ0) is 18.2. The lowest BCUT2D eigenvalue weighted by Gasteiger charge is -2.36. The molecule has 0 aliphatic heterocycles. The van der Waals surface area contributed by atoms with Crippen molar-refractivity contribution in [1.29, 1.82) is 0 Å². The Balaban J connectivity index is 1.71. The standard InChI is InChI=1S/C22H34O2Si/c1-22(2,3)25(4,5)24-15-7-9-17-12-14-18-13-11-16-8-6-10-19(23)21(17)20(16)18/h12,14,16H,6-11,13,15H2,1-5H3/t16-/m0/s1. The quantitative estimate of drug-likeness (QED) is 0.474. The van der Waals surface area contributed by atoms with Crippen molar-refractivity contribution in [3.8, 4) is 0 Å². The molecular formula is C22H34O2Si. The van der Waals surface area contributed by atoms with Gasteiger partial charge < -0.3 is 4.43 Å². The zero-order valence-electron chi connectivity index (χ0n) is 16.7. The molecule has 0 fully saturated rings. The fourth-order valence-corrected chi connectivity index (χ4v) is 5.22. The molecular weight excluding hydrogens is 324 g/mol. The van der Waals surface area contributed by atoms with E-state index in [1.54, 1.807) is 0 Å². The van der Waals surface area contributed by atoms with Gasteiger partial charge in [0, 0.05) is 18.6 Å². The molecule has 0 bridgehead atoms. The summed E-state index contributed by atoms with van der Waals surface area (Å²) in [5.74, 6) is 1.03. The van der Waals surface area contributed by atoms with Crippen molar-refractivity contribution >= 4 is 14.1 Å². The van der Waals surface area contributed by atoms with Gasteiger partial charge in [0.25, 0.3) is 0 Å². The van der Waals surface area contributed by atoms with Gasteiger partial charge in [0.1, 0.15) is 0 Å². The minimum atomic E-state index is -1.67. The molecule has 2 aliphatic carbocycles. The maximum atomic E-state index is 12.8. The third-order valence-electron chi connectivity index (χ3n) is 6.69. The number of ketones is 1. The number of hydrogen-bond donors (Lipinski definition) is 0. The molecule has 2 aliphatic rings. The number of hydrogen-bond acceptors (Lipinski definition) is 2. The highest BCUT2D eigenvalue weighted by molar-refractivity contribution is 6.74. The van der Waals surface area contributed by atoms with Crippen molar-refractivity contribution in [3.05, 3.63) is 34.4 Å². The van der Waals surface area contributed by atoms with E-state index in [4.69, 9.17) is 4.43 Å². The lowest BCUT2D eigenvalue weighted by Crippen LogP contribution is -2.41. The monoisotopic (exact) mass is 358 g/mol. The predicted molar refractivity (Wildman–Crippen MR) is 107 cm³/mol. The Kier molecular flexibility index (Phi) is 5.27. The van der Waals surface area contributed by atoms with E-state index in [-0.39, 0.29) is 5.04 Å². The second-order valence-electron chi connectivity index (χ2n) is 9.44. The van der Waals surface area contributed by atoms with Crippen LogP contribution >= 0.6 is 0 Å². The predicted octanol–water partition coefficient (Wildman–Crippen LogP) is 6.04. The molecule has 1 aromatic rings. The van der Waals surface area contributed by atoms with E-state index < -0.39 is 8.32 Å². The zero-order valence-corrected chi connectivity index (χ0v) is 17.7. The number of carbonyl (C=O) groups is 1. The minimum Gasteiger partial charge on any atom is -0.417 e. The molecule has 0 amide bonds. The van der Waals surface area contributed by atoms with E-state index in [1.807, 2.05) is 0 Å². The Morgan fingerprint density at radius 3 is 2.64 bits per heavy atom. The van der Waals surface area contributed by atoms with Crippen molar-refractivity contribution in [1.82, 2.24) is 0 Å². The van der Waals surface area contributed by atoms with Crippen LogP contribution in [0.2, 0.25) is 18.1 Å². The van der Waals surface area contributed by atoms with Gasteiger partial charge in [-0.2, -0.15) is 0 Å². The molecule has 3 rings (SSSR count). The highest BCUT2D eigenvalue weighted by Crippen LogP contribution is 2.43. The molecule has 0 N–H and O–H groups in total. The number of carbonyl (C=O) groups excluding carboxylic acids is 1. The Labute approximate surface area is 154 Å². The fraction of sp³-hybridized carbons (Fsp3) is 0.682. The smallest absolute Gasteiger partial charge is 0.191 e. The second-order valence-corrected chi connectivity index (χ2v) is 14.2. The van der Waals surface area contributed by atoms with Crippen LogP contribution < -0.4 is 0 Å². The summed E-state index contributed by atoms with van der Waals surface area (Å²) in [5.41, 5.74) is 5.24. The Morgan fingerprint density at radius 1 is 1.16 bits per heavy atom. The van der Waals surface area contributed by atoms with Crippen molar-refractivity contribution in [2.45, 2.75) is 89.8 Å². The average Bonchev–Trinajstić information content (AvgIpc) is 2.85. The number of Topliss-reactive ketones (excluding diaryl/α,β-unsaturated/α-hetero) is 1. The number of aryl methyl sites for hydroxylation is 2. The molecule has 1 atom stereocenters. The van der Waals surface area contributed by atoms with Crippen molar-refractivity contribution in [2.24, 2.45) is 0 Å². The van der Waals surface area contributed by atoms with Gasteiger partial charge in [0.15, 0.2) is 14.1 Å². The lowest BCUT2D eigenvalue weighted by molar-refractivity contribution is 0.0980. The summed E-state index contributed by atoms with van der Waals surface area (Å²) in [4.78, 5) is 12.8. The van der Waals surface area contributed by atoms with Crippen molar-refractivity contribution < 1.29 is 9.22 Å². The molecule has 0 radical (unpaired) electrons. The summed E-state index contributed by atoms with van der Waals surface area (Å²) in [5, 5.41) is 0.258. The van der Waals surface area contributed by atoms with Crippen molar-refractivity contribution in [2.75, 3.05) is 6.61 Å². The van der Waals surface area contributed by atoms with Crippen LogP contribution in [-0.4, -0.2) is 20.7 Å². The maximum Gasteiger partial charge on any atom is 0.191 e. The molecule has 1 aromatic carbocycles. The summed E-state index contributed by atoms with van der Waals surface area (Å²) < 4.78 is 6.32. The SMILES string of the molecule is CC(C)(C)[Si](C)(C)OCCCc1ccc2c3c1C(=O)CCC[C@H]3CC2. The largest absolute Gasteiger partial charge is 0.417 e. The van der Waals surface area contributed by atoms with Crippen LogP contribution in [0.3, 0.4) is 0 Å². The van der Waals surface area contributed by atoms with E-state index in [9.17, 15) is 4.79 Å². The molecule has 0 aromatic heterocycles. The molecule has 25 heavy (non-hydrogen) atoms. The van der Waals surface area contributed by atoms with Crippen LogP contribution in [0.1, 0.15) is 85.8 Å². The Bertz CT molecular complexity index is 655. The lowest BCUT2D eigenvalue weighted by atomic mass is 9.89. The van der Waals surface area contributed by atoms with E-state index >= 15 is 0 Å². The topological polar surface area (TPSA) is 26.3 Å². The van der Waals surface area contributed by atoms with Crippen molar-refractivity contribution in [3.63, 3.8) is 0 Å². The maximum absolute atomic E-state index is 12.8. The summed E-state index contributed by atoms with van der Waals surface area (Å²) in [6, 6.07) is 4.52. The van der Waals surface area contributed by atoms with Crippen LogP contribution in [0.25, 0.3) is 0 Å². The molecule has 138 valence electrons. The molecule has 0 saturated carbocycles. The first-order valence-electron chi connectivity index (χ1n) is 10.0. The highest BCUT2D eigenvalue weighted by atomic mass is 28.4. The van der Waals surface area contributed by atoms with Crippen LogP contribution in [0.15, 0.2) is 12.1 Å². The third kappa shape index (κ3) is 3.78. The van der Waals surface area contributed by atoms with Gasteiger partial charge in [-0.25, -0.2) is 0 Å². The van der Waals surface area contributed by atoms with E-state index in [1.165, 1.54) is 29.5 Å². The highest BCUT2D eigenvalue weighted by Gasteiger charge is 2.37. The first-order chi connectivity index (χ1) is 11.7. The van der Waals surface area contributed by atoms with E-state index in [0.29, 0.717) is 11.7 Å². The van der Waals surface area contributed by atoms with Gasteiger partial charge in [0.2, 0.25) is 0 Å². The molecule has 0 spiro atoms. The molecule has 2 nitrogen and oxygen atoms in total. The van der Waals surface area contributed by atoms with Gasteiger partial charge >= 0.3 is 0 Å². The second kappa shape index (κ2) is 7.00. The number of rotatable bonds is 5. The van der Waals surface area contributed by atoms with Gasteiger partial charge in [-0.05, 0) is 79.3 Å². The van der Waals surface area contributed by atoms with Gasteiger partial charge in [0.05, 0.1) is 0 Å². The average molecular weight is 359 g/mol. The third-order valence-corrected chi connectivity index (χ3v) is 11.2. The Hall–Kier alpha value is -0.933. The van der Waals surface area contributed by atoms with Gasteiger partial charge in [-0.3, -0.25) is 4.79 Å². The number of benzene rings is 1. The summed E-state index contributed by atoms with van der Waals surface area (Å²) >= 11 is 0. The van der Waals surface area contributed by atoms with Crippen LogP contribution in [0, 0.1) is 0 Å². The first-order valence-corrected chi connectivity index (χ1v) is 12.9. The molecule has 3 heteroatoms.